The normalized spacial score (nSPS) is 16.2. The quantitative estimate of drug-likeness (QED) is 0.431. The number of carboxylic acid groups (broad SMARTS) is 1. The summed E-state index contributed by atoms with van der Waals surface area (Å²) in [7, 11) is 0. The monoisotopic (exact) mass is 440 g/mol. The molecule has 0 amide bonds. The highest BCUT2D eigenvalue weighted by molar-refractivity contribution is 6.00. The number of anilines is 1. The molecule has 166 valence electrons. The van der Waals surface area contributed by atoms with Gasteiger partial charge in [0.2, 0.25) is 5.89 Å². The first-order chi connectivity index (χ1) is 16.1. The maximum absolute atomic E-state index is 11.8. The molecule has 1 aliphatic carbocycles. The van der Waals surface area contributed by atoms with Crippen molar-refractivity contribution >= 4 is 34.5 Å². The van der Waals surface area contributed by atoms with Gasteiger partial charge in [0.25, 0.3) is 0 Å². The van der Waals surface area contributed by atoms with Crippen molar-refractivity contribution < 1.29 is 14.3 Å². The molecule has 6 rings (SSSR count). The summed E-state index contributed by atoms with van der Waals surface area (Å²) in [4.78, 5) is 11.8. The Morgan fingerprint density at radius 3 is 2.67 bits per heavy atom. The van der Waals surface area contributed by atoms with Crippen LogP contribution in [0.2, 0.25) is 0 Å². The van der Waals surface area contributed by atoms with E-state index in [0.717, 1.165) is 46.1 Å². The van der Waals surface area contributed by atoms with Crippen molar-refractivity contribution in [2.45, 2.75) is 44.6 Å². The number of aromatic carboxylic acids is 1. The molecule has 0 saturated heterocycles. The van der Waals surface area contributed by atoms with Crippen molar-refractivity contribution in [2.75, 3.05) is 5.73 Å². The third-order valence-electron chi connectivity index (χ3n) is 6.95. The smallest absolute Gasteiger partial charge is 0.335 e. The topological polar surface area (TPSA) is 107 Å². The fraction of sp³-hybridized carbons (Fsp3) is 0.269. The standard InChI is InChI=1S/C26H24N4O3/c27-26-29-28-24(33-26)18-12-16-8-4-5-9-19(16)23-22(15-6-2-1-3-7-15)20-11-10-17(25(31)32)13-21(20)30(23)14-18/h4-5,8-13,15H,1-3,6-7,14H2,(H2,27,29)(H,31,32). The Morgan fingerprint density at radius 2 is 1.91 bits per heavy atom. The van der Waals surface area contributed by atoms with E-state index < -0.39 is 5.97 Å². The van der Waals surface area contributed by atoms with E-state index in [4.69, 9.17) is 10.2 Å². The van der Waals surface area contributed by atoms with Crippen molar-refractivity contribution in [1.29, 1.82) is 0 Å². The van der Waals surface area contributed by atoms with Gasteiger partial charge in [-0.2, -0.15) is 0 Å². The molecule has 3 N–H and O–H groups in total. The van der Waals surface area contributed by atoms with Gasteiger partial charge in [0.15, 0.2) is 0 Å². The van der Waals surface area contributed by atoms with Gasteiger partial charge in [-0.15, -0.1) is 5.10 Å². The van der Waals surface area contributed by atoms with Crippen LogP contribution >= 0.6 is 0 Å². The maximum Gasteiger partial charge on any atom is 0.335 e. The SMILES string of the molecule is Nc1nnc(C2=Cc3ccccc3-c3c(C4CCCCC4)c4ccc(C(=O)O)cc4n3C2)o1. The summed E-state index contributed by atoms with van der Waals surface area (Å²) in [5.41, 5.74) is 12.5. The van der Waals surface area contributed by atoms with Crippen molar-refractivity contribution in [3.8, 4) is 11.3 Å². The number of benzene rings is 2. The number of nitrogens with two attached hydrogens (primary N) is 1. The lowest BCUT2D eigenvalue weighted by Gasteiger charge is -2.24. The highest BCUT2D eigenvalue weighted by atomic mass is 16.4. The molecular weight excluding hydrogens is 416 g/mol. The summed E-state index contributed by atoms with van der Waals surface area (Å²) in [5.74, 6) is -0.103. The molecule has 0 atom stereocenters. The van der Waals surface area contributed by atoms with Crippen molar-refractivity contribution in [3.63, 3.8) is 0 Å². The number of nitrogen functional groups attached to an aromatic ring is 1. The summed E-state index contributed by atoms with van der Waals surface area (Å²) < 4.78 is 7.81. The van der Waals surface area contributed by atoms with E-state index in [1.54, 1.807) is 12.1 Å². The Kier molecular flexibility index (Phi) is 4.57. The largest absolute Gasteiger partial charge is 0.478 e. The lowest BCUT2D eigenvalue weighted by molar-refractivity contribution is 0.0697. The number of carbonyl (C=O) groups is 1. The minimum atomic E-state index is -0.930. The Bertz CT molecular complexity index is 1420. The highest BCUT2D eigenvalue weighted by Crippen LogP contribution is 2.47. The number of nitrogens with zero attached hydrogens (tertiary/aromatic N) is 3. The van der Waals surface area contributed by atoms with Gasteiger partial charge in [0.1, 0.15) is 0 Å². The fourth-order valence-electron chi connectivity index (χ4n) is 5.50. The molecule has 2 aliphatic rings. The van der Waals surface area contributed by atoms with Crippen LogP contribution in [-0.2, 0) is 6.54 Å². The first-order valence-corrected chi connectivity index (χ1v) is 11.4. The molecule has 0 unspecified atom stereocenters. The van der Waals surface area contributed by atoms with Crippen LogP contribution in [0.5, 0.6) is 0 Å². The Morgan fingerprint density at radius 1 is 1.09 bits per heavy atom. The number of carboxylic acids is 1. The van der Waals surface area contributed by atoms with Crippen molar-refractivity contribution in [2.24, 2.45) is 0 Å². The van der Waals surface area contributed by atoms with Crippen molar-refractivity contribution in [3.05, 3.63) is 65.0 Å². The molecule has 1 saturated carbocycles. The van der Waals surface area contributed by atoms with E-state index in [2.05, 4.69) is 39.0 Å². The minimum Gasteiger partial charge on any atom is -0.478 e. The zero-order chi connectivity index (χ0) is 22.5. The molecule has 2 aromatic heterocycles. The molecular formula is C26H24N4O3. The molecule has 33 heavy (non-hydrogen) atoms. The second kappa shape index (κ2) is 7.62. The number of aromatic nitrogens is 3. The van der Waals surface area contributed by atoms with Gasteiger partial charge in [-0.3, -0.25) is 0 Å². The maximum atomic E-state index is 11.8. The molecule has 3 heterocycles. The van der Waals surface area contributed by atoms with Crippen LogP contribution in [0.15, 0.2) is 46.9 Å². The van der Waals surface area contributed by atoms with Gasteiger partial charge < -0.3 is 19.8 Å². The predicted octanol–water partition coefficient (Wildman–Crippen LogP) is 5.57. The van der Waals surface area contributed by atoms with E-state index in [0.29, 0.717) is 18.4 Å². The van der Waals surface area contributed by atoms with E-state index in [9.17, 15) is 9.90 Å². The molecule has 7 nitrogen and oxygen atoms in total. The number of allylic oxidation sites excluding steroid dienone is 1. The summed E-state index contributed by atoms with van der Waals surface area (Å²) in [5, 5.41) is 18.8. The third-order valence-corrected chi connectivity index (χ3v) is 6.95. The van der Waals surface area contributed by atoms with Crippen LogP contribution in [0, 0.1) is 0 Å². The average molecular weight is 441 g/mol. The van der Waals surface area contributed by atoms with Gasteiger partial charge >= 0.3 is 12.0 Å². The molecule has 0 bridgehead atoms. The zero-order valence-electron chi connectivity index (χ0n) is 18.1. The van der Waals surface area contributed by atoms with E-state index >= 15 is 0 Å². The summed E-state index contributed by atoms with van der Waals surface area (Å²) in [6.45, 7) is 0.484. The predicted molar refractivity (Wildman–Crippen MR) is 127 cm³/mol. The van der Waals surface area contributed by atoms with Gasteiger partial charge in [0, 0.05) is 22.0 Å². The molecule has 4 aromatic rings. The molecule has 7 heteroatoms. The summed E-state index contributed by atoms with van der Waals surface area (Å²) >= 11 is 0. The van der Waals surface area contributed by atoms with Crippen LogP contribution in [0.25, 0.3) is 33.8 Å². The fourth-order valence-corrected chi connectivity index (χ4v) is 5.50. The van der Waals surface area contributed by atoms with Crippen molar-refractivity contribution in [1.82, 2.24) is 14.8 Å². The molecule has 0 spiro atoms. The van der Waals surface area contributed by atoms with E-state index in [1.807, 2.05) is 12.1 Å². The van der Waals surface area contributed by atoms with Crippen LogP contribution in [0.4, 0.5) is 6.01 Å². The van der Waals surface area contributed by atoms with Crippen LogP contribution in [-0.4, -0.2) is 25.8 Å². The summed E-state index contributed by atoms with van der Waals surface area (Å²) in [6.07, 6.45) is 8.08. The van der Waals surface area contributed by atoms with Crippen LogP contribution in [0.1, 0.15) is 65.4 Å². The first kappa shape index (κ1) is 19.8. The minimum absolute atomic E-state index is 0.0251. The lowest BCUT2D eigenvalue weighted by atomic mass is 9.81. The molecule has 1 fully saturated rings. The second-order valence-corrected chi connectivity index (χ2v) is 8.92. The van der Waals surface area contributed by atoms with Crippen LogP contribution < -0.4 is 5.73 Å². The van der Waals surface area contributed by atoms with E-state index in [1.165, 1.54) is 24.8 Å². The summed E-state index contributed by atoms with van der Waals surface area (Å²) in [6, 6.07) is 13.8. The number of hydrogen-bond donors (Lipinski definition) is 2. The van der Waals surface area contributed by atoms with Gasteiger partial charge in [0.05, 0.1) is 17.8 Å². The van der Waals surface area contributed by atoms with Gasteiger partial charge in [-0.05, 0) is 48.1 Å². The molecule has 0 radical (unpaired) electrons. The molecule has 2 aromatic carbocycles. The Labute approximate surface area is 190 Å². The number of hydrogen-bond acceptors (Lipinski definition) is 5. The number of fused-ring (bicyclic) bond motifs is 5. The average Bonchev–Trinajstić information content (AvgIpc) is 3.35. The number of rotatable bonds is 3. The van der Waals surface area contributed by atoms with Crippen LogP contribution in [0.3, 0.4) is 0 Å². The van der Waals surface area contributed by atoms with E-state index in [-0.39, 0.29) is 11.6 Å². The second-order valence-electron chi connectivity index (χ2n) is 8.92. The lowest BCUT2D eigenvalue weighted by Crippen LogP contribution is -2.07. The third kappa shape index (κ3) is 3.23. The Balaban J connectivity index is 1.67. The first-order valence-electron chi connectivity index (χ1n) is 11.4. The zero-order valence-corrected chi connectivity index (χ0v) is 18.1. The Hall–Kier alpha value is -3.87. The van der Waals surface area contributed by atoms with Gasteiger partial charge in [-0.1, -0.05) is 54.7 Å². The highest BCUT2D eigenvalue weighted by Gasteiger charge is 2.30. The van der Waals surface area contributed by atoms with Gasteiger partial charge in [-0.25, -0.2) is 4.79 Å². The molecule has 1 aliphatic heterocycles.